The molecule has 1 nitrogen and oxygen atoms in total. The zero-order valence-electron chi connectivity index (χ0n) is 9.71. The fraction of sp³-hybridized carbons (Fsp3) is 0.643. The second-order valence-corrected chi connectivity index (χ2v) is 5.96. The first-order valence-corrected chi connectivity index (χ1v) is 5.89. The molecule has 80 valence electrons. The van der Waals surface area contributed by atoms with Crippen molar-refractivity contribution < 1.29 is 4.79 Å². The van der Waals surface area contributed by atoms with Crippen LogP contribution in [-0.2, 0) is 4.79 Å². The number of rotatable bonds is 0. The van der Waals surface area contributed by atoms with E-state index in [1.54, 1.807) is 0 Å². The Labute approximate surface area is 91.2 Å². The molecule has 3 aliphatic carbocycles. The summed E-state index contributed by atoms with van der Waals surface area (Å²) in [6.45, 7) is 6.44. The van der Waals surface area contributed by atoms with E-state index in [9.17, 15) is 4.79 Å². The highest BCUT2D eigenvalue weighted by molar-refractivity contribution is 6.01. The molecule has 0 aromatic carbocycles. The predicted molar refractivity (Wildman–Crippen MR) is 60.3 cm³/mol. The lowest BCUT2D eigenvalue weighted by molar-refractivity contribution is -0.126. The van der Waals surface area contributed by atoms with Crippen molar-refractivity contribution in [2.24, 2.45) is 22.7 Å². The molecular weight excluding hydrogens is 184 g/mol. The minimum absolute atomic E-state index is 0.208. The lowest BCUT2D eigenvalue weighted by Crippen LogP contribution is -2.43. The van der Waals surface area contributed by atoms with Gasteiger partial charge in [0.25, 0.3) is 0 Å². The van der Waals surface area contributed by atoms with E-state index in [2.05, 4.69) is 32.1 Å². The van der Waals surface area contributed by atoms with Gasteiger partial charge in [0.1, 0.15) is 0 Å². The van der Waals surface area contributed by atoms with Gasteiger partial charge in [0.05, 0.1) is 5.41 Å². The number of Topliss-reactive ketones (excluding diaryl/α,β-unsaturated/α-hetero) is 1. The Kier molecular flexibility index (Phi) is 1.53. The normalized spacial score (nSPS) is 51.9. The van der Waals surface area contributed by atoms with Crippen LogP contribution in [0.25, 0.3) is 0 Å². The Balaban J connectivity index is 2.11. The fourth-order valence-electron chi connectivity index (χ4n) is 3.78. The number of hydrogen-bond donors (Lipinski definition) is 0. The molecule has 3 rings (SSSR count). The highest BCUT2D eigenvalue weighted by Gasteiger charge is 2.62. The molecule has 0 amide bonds. The van der Waals surface area contributed by atoms with Gasteiger partial charge in [-0.25, -0.2) is 0 Å². The molecule has 0 spiro atoms. The fourth-order valence-corrected chi connectivity index (χ4v) is 3.78. The smallest absolute Gasteiger partial charge is 0.168 e. The van der Waals surface area contributed by atoms with Crippen molar-refractivity contribution in [1.29, 1.82) is 0 Å². The number of allylic oxidation sites excluding steroid dienone is 4. The van der Waals surface area contributed by atoms with E-state index in [1.807, 2.05) is 6.92 Å². The third kappa shape index (κ3) is 0.965. The Bertz CT molecular complexity index is 404. The maximum Gasteiger partial charge on any atom is 0.168 e. The van der Waals surface area contributed by atoms with Crippen molar-refractivity contribution in [3.8, 4) is 0 Å². The van der Waals surface area contributed by atoms with E-state index in [4.69, 9.17) is 0 Å². The average molecular weight is 202 g/mol. The Morgan fingerprint density at radius 2 is 2.13 bits per heavy atom. The minimum atomic E-state index is -0.208. The largest absolute Gasteiger partial charge is 0.294 e. The van der Waals surface area contributed by atoms with E-state index in [1.165, 1.54) is 6.42 Å². The molecule has 0 aliphatic heterocycles. The molecule has 1 fully saturated rings. The molecule has 0 aromatic heterocycles. The van der Waals surface area contributed by atoms with E-state index < -0.39 is 0 Å². The first-order valence-electron chi connectivity index (χ1n) is 5.89. The van der Waals surface area contributed by atoms with Crippen LogP contribution in [0, 0.1) is 22.7 Å². The SMILES string of the molecule is CC1=CC[C@H]2[C@]3(C)C[C@@H]3C=C[C@]2(C)C1=O. The minimum Gasteiger partial charge on any atom is -0.294 e. The molecule has 0 N–H and O–H groups in total. The van der Waals surface area contributed by atoms with Crippen LogP contribution in [0.5, 0.6) is 0 Å². The summed E-state index contributed by atoms with van der Waals surface area (Å²) in [6, 6.07) is 0. The quantitative estimate of drug-likeness (QED) is 0.551. The summed E-state index contributed by atoms with van der Waals surface area (Å²) in [5.41, 5.74) is 1.16. The van der Waals surface area contributed by atoms with Gasteiger partial charge in [0.2, 0.25) is 0 Å². The van der Waals surface area contributed by atoms with Gasteiger partial charge >= 0.3 is 0 Å². The maximum absolute atomic E-state index is 12.3. The van der Waals surface area contributed by atoms with Gasteiger partial charge in [-0.3, -0.25) is 4.79 Å². The van der Waals surface area contributed by atoms with Crippen molar-refractivity contribution in [3.05, 3.63) is 23.8 Å². The summed E-state index contributed by atoms with van der Waals surface area (Å²) in [6.07, 6.45) is 8.99. The third-order valence-corrected chi connectivity index (χ3v) is 5.05. The molecule has 4 atom stereocenters. The van der Waals surface area contributed by atoms with Crippen LogP contribution in [0.4, 0.5) is 0 Å². The van der Waals surface area contributed by atoms with Gasteiger partial charge in [-0.2, -0.15) is 0 Å². The molecule has 0 saturated heterocycles. The first-order chi connectivity index (χ1) is 6.98. The summed E-state index contributed by atoms with van der Waals surface area (Å²) >= 11 is 0. The number of carbonyl (C=O) groups is 1. The van der Waals surface area contributed by atoms with Crippen LogP contribution in [0.1, 0.15) is 33.6 Å². The average Bonchev–Trinajstić information content (AvgIpc) is 2.85. The van der Waals surface area contributed by atoms with Crippen molar-refractivity contribution in [2.75, 3.05) is 0 Å². The van der Waals surface area contributed by atoms with Crippen molar-refractivity contribution in [1.82, 2.24) is 0 Å². The molecule has 3 aliphatic rings. The molecule has 0 bridgehead atoms. The maximum atomic E-state index is 12.3. The summed E-state index contributed by atoms with van der Waals surface area (Å²) in [4.78, 5) is 12.3. The zero-order chi connectivity index (χ0) is 10.8. The third-order valence-electron chi connectivity index (χ3n) is 5.05. The van der Waals surface area contributed by atoms with Crippen molar-refractivity contribution in [2.45, 2.75) is 33.6 Å². The summed E-state index contributed by atoms with van der Waals surface area (Å²) in [5.74, 6) is 1.63. The van der Waals surface area contributed by atoms with Crippen LogP contribution < -0.4 is 0 Å². The monoisotopic (exact) mass is 202 g/mol. The Morgan fingerprint density at radius 1 is 1.40 bits per heavy atom. The van der Waals surface area contributed by atoms with Gasteiger partial charge in [-0.1, -0.05) is 25.2 Å². The Hall–Kier alpha value is -0.850. The highest BCUT2D eigenvalue weighted by atomic mass is 16.1. The van der Waals surface area contributed by atoms with Crippen molar-refractivity contribution in [3.63, 3.8) is 0 Å². The molecule has 1 saturated carbocycles. The summed E-state index contributed by atoms with van der Waals surface area (Å²) < 4.78 is 0. The lowest BCUT2D eigenvalue weighted by atomic mass is 9.59. The molecule has 0 heterocycles. The van der Waals surface area contributed by atoms with Crippen molar-refractivity contribution >= 4 is 5.78 Å². The predicted octanol–water partition coefficient (Wildman–Crippen LogP) is 3.12. The van der Waals surface area contributed by atoms with Gasteiger partial charge in [-0.15, -0.1) is 0 Å². The lowest BCUT2D eigenvalue weighted by Gasteiger charge is -2.43. The number of carbonyl (C=O) groups excluding carboxylic acids is 1. The van der Waals surface area contributed by atoms with Crippen LogP contribution in [0.2, 0.25) is 0 Å². The first kappa shape index (κ1) is 9.38. The number of ketones is 1. The second kappa shape index (κ2) is 2.45. The van der Waals surface area contributed by atoms with Gasteiger partial charge in [-0.05, 0) is 49.5 Å². The van der Waals surface area contributed by atoms with Crippen LogP contribution in [-0.4, -0.2) is 5.78 Å². The van der Waals surface area contributed by atoms with Gasteiger partial charge in [0.15, 0.2) is 5.78 Å². The molecule has 0 radical (unpaired) electrons. The molecule has 0 unspecified atom stereocenters. The molecule has 0 aromatic rings. The van der Waals surface area contributed by atoms with Crippen LogP contribution >= 0.6 is 0 Å². The topological polar surface area (TPSA) is 17.1 Å². The molecular formula is C14H18O. The second-order valence-electron chi connectivity index (χ2n) is 5.96. The zero-order valence-corrected chi connectivity index (χ0v) is 9.71. The number of fused-ring (bicyclic) bond motifs is 3. The highest BCUT2D eigenvalue weighted by Crippen LogP contribution is 2.67. The Morgan fingerprint density at radius 3 is 2.87 bits per heavy atom. The van der Waals surface area contributed by atoms with Gasteiger partial charge in [0, 0.05) is 0 Å². The standard InChI is InChI=1S/C14H18O/c1-9-4-5-11-13(2,12(9)15)7-6-10-8-14(10,11)3/h4,6-7,10-11H,5,8H2,1-3H3/t10-,11+,13-,14+/m0/s1. The number of hydrogen-bond acceptors (Lipinski definition) is 1. The van der Waals surface area contributed by atoms with Gasteiger partial charge < -0.3 is 0 Å². The molecule has 15 heavy (non-hydrogen) atoms. The van der Waals surface area contributed by atoms with E-state index in [0.29, 0.717) is 17.1 Å². The molecule has 1 heteroatoms. The van der Waals surface area contributed by atoms with E-state index >= 15 is 0 Å². The van der Waals surface area contributed by atoms with Crippen LogP contribution in [0.15, 0.2) is 23.8 Å². The summed E-state index contributed by atoms with van der Waals surface area (Å²) in [7, 11) is 0. The summed E-state index contributed by atoms with van der Waals surface area (Å²) in [5, 5.41) is 0. The van der Waals surface area contributed by atoms with E-state index in [0.717, 1.165) is 17.9 Å². The van der Waals surface area contributed by atoms with E-state index in [-0.39, 0.29) is 5.41 Å². The van der Waals surface area contributed by atoms with Crippen LogP contribution in [0.3, 0.4) is 0 Å².